The average molecular weight is 274 g/mol. The number of nitrogens with zero attached hydrogens (tertiary/aromatic N) is 3. The zero-order chi connectivity index (χ0) is 13.9. The first-order chi connectivity index (χ1) is 9.75. The van der Waals surface area contributed by atoms with Crippen molar-refractivity contribution < 1.29 is 9.53 Å². The maximum absolute atomic E-state index is 12.2. The summed E-state index contributed by atoms with van der Waals surface area (Å²) in [7, 11) is 0. The van der Waals surface area contributed by atoms with Crippen LogP contribution >= 0.6 is 0 Å². The first kappa shape index (κ1) is 12.6. The lowest BCUT2D eigenvalue weighted by molar-refractivity contribution is 0.0295. The Bertz CT molecular complexity index is 656. The number of ether oxygens (including phenoxy) is 1. The molecule has 3 rings (SSSR count). The van der Waals surface area contributed by atoms with E-state index in [1.165, 1.54) is 4.68 Å². The molecule has 1 fully saturated rings. The van der Waals surface area contributed by atoms with Crippen molar-refractivity contribution in [3.8, 4) is 5.69 Å². The number of benzene rings is 1. The van der Waals surface area contributed by atoms with Gasteiger partial charge < -0.3 is 9.64 Å². The average Bonchev–Trinajstić information content (AvgIpc) is 2.90. The number of amides is 1. The minimum atomic E-state index is -0.423. The van der Waals surface area contributed by atoms with Crippen LogP contribution < -0.4 is 5.69 Å². The van der Waals surface area contributed by atoms with Crippen LogP contribution in [0.4, 0.5) is 0 Å². The largest absolute Gasteiger partial charge is 0.378 e. The monoisotopic (exact) mass is 274 g/mol. The number of aromatic nitrogens is 3. The topological polar surface area (TPSA) is 80.2 Å². The molecule has 1 aromatic heterocycles. The summed E-state index contributed by atoms with van der Waals surface area (Å²) >= 11 is 0. The number of hydrogen-bond donors (Lipinski definition) is 1. The zero-order valence-electron chi connectivity index (χ0n) is 10.8. The van der Waals surface area contributed by atoms with Gasteiger partial charge in [0.2, 0.25) is 5.82 Å². The van der Waals surface area contributed by atoms with Gasteiger partial charge in [-0.05, 0) is 12.1 Å². The Morgan fingerprint density at radius 3 is 2.60 bits per heavy atom. The fourth-order valence-electron chi connectivity index (χ4n) is 2.08. The molecule has 2 heterocycles. The molecule has 1 aliphatic rings. The molecule has 0 radical (unpaired) electrons. The van der Waals surface area contributed by atoms with Crippen LogP contribution in [0.5, 0.6) is 0 Å². The van der Waals surface area contributed by atoms with Crippen molar-refractivity contribution >= 4 is 5.91 Å². The lowest BCUT2D eigenvalue weighted by Gasteiger charge is -2.25. The molecule has 104 valence electrons. The van der Waals surface area contributed by atoms with Crippen LogP contribution in [-0.2, 0) is 4.74 Å². The summed E-state index contributed by atoms with van der Waals surface area (Å²) in [5.41, 5.74) is 0.197. The Morgan fingerprint density at radius 1 is 1.20 bits per heavy atom. The fourth-order valence-corrected chi connectivity index (χ4v) is 2.08. The molecule has 1 aromatic carbocycles. The smallest absolute Gasteiger partial charge is 0.348 e. The van der Waals surface area contributed by atoms with Crippen LogP contribution in [0.25, 0.3) is 5.69 Å². The van der Waals surface area contributed by atoms with Gasteiger partial charge in [-0.25, -0.2) is 4.79 Å². The lowest BCUT2D eigenvalue weighted by Crippen LogP contribution is -2.41. The molecule has 7 nitrogen and oxygen atoms in total. The Balaban J connectivity index is 1.89. The number of nitrogens with one attached hydrogen (secondary N) is 1. The number of morpholine rings is 1. The van der Waals surface area contributed by atoms with E-state index in [0.717, 1.165) is 0 Å². The van der Waals surface area contributed by atoms with Crippen molar-refractivity contribution in [2.75, 3.05) is 26.3 Å². The second kappa shape index (κ2) is 5.30. The summed E-state index contributed by atoms with van der Waals surface area (Å²) in [4.78, 5) is 28.2. The van der Waals surface area contributed by atoms with Crippen LogP contribution in [0.15, 0.2) is 35.1 Å². The molecule has 0 saturated carbocycles. The van der Waals surface area contributed by atoms with Gasteiger partial charge in [-0.3, -0.25) is 9.78 Å². The molecule has 1 N–H and O–H groups in total. The molecule has 0 aliphatic carbocycles. The van der Waals surface area contributed by atoms with Crippen molar-refractivity contribution in [1.82, 2.24) is 19.7 Å². The summed E-state index contributed by atoms with van der Waals surface area (Å²) in [5.74, 6) is -0.221. The van der Waals surface area contributed by atoms with Crippen LogP contribution in [-0.4, -0.2) is 51.9 Å². The molecule has 0 atom stereocenters. The van der Waals surface area contributed by atoms with Crippen molar-refractivity contribution in [2.45, 2.75) is 0 Å². The number of aromatic amines is 1. The van der Waals surface area contributed by atoms with E-state index < -0.39 is 5.69 Å². The SMILES string of the molecule is O=C(c1nn(-c2ccccc2)c(=O)[nH]1)N1CCOCC1. The molecular weight excluding hydrogens is 260 g/mol. The summed E-state index contributed by atoms with van der Waals surface area (Å²) in [6, 6.07) is 8.97. The molecule has 1 amide bonds. The Morgan fingerprint density at radius 2 is 1.90 bits per heavy atom. The van der Waals surface area contributed by atoms with Gasteiger partial charge in [0.1, 0.15) is 0 Å². The third-order valence-corrected chi connectivity index (χ3v) is 3.12. The third kappa shape index (κ3) is 2.35. The van der Waals surface area contributed by atoms with Crippen LogP contribution in [0, 0.1) is 0 Å². The van der Waals surface area contributed by atoms with Gasteiger partial charge in [-0.1, -0.05) is 18.2 Å². The number of carbonyl (C=O) groups excluding carboxylic acids is 1. The van der Waals surface area contributed by atoms with Gasteiger partial charge >= 0.3 is 5.69 Å². The van der Waals surface area contributed by atoms with Gasteiger partial charge in [0.05, 0.1) is 18.9 Å². The highest BCUT2D eigenvalue weighted by atomic mass is 16.5. The highest BCUT2D eigenvalue weighted by molar-refractivity contribution is 5.90. The normalized spacial score (nSPS) is 15.3. The Labute approximate surface area is 114 Å². The standard InChI is InChI=1S/C13H14N4O3/c18-12(16-6-8-20-9-7-16)11-14-13(19)17(15-11)10-4-2-1-3-5-10/h1-5H,6-9H2,(H,14,15,19). The van der Waals surface area contributed by atoms with E-state index >= 15 is 0 Å². The van der Waals surface area contributed by atoms with E-state index in [2.05, 4.69) is 10.1 Å². The minimum Gasteiger partial charge on any atom is -0.378 e. The third-order valence-electron chi connectivity index (χ3n) is 3.12. The quantitative estimate of drug-likeness (QED) is 0.838. The molecule has 0 unspecified atom stereocenters. The van der Waals surface area contributed by atoms with E-state index in [1.54, 1.807) is 29.2 Å². The van der Waals surface area contributed by atoms with Crippen LogP contribution in [0.1, 0.15) is 10.6 Å². The van der Waals surface area contributed by atoms with Gasteiger partial charge in [0, 0.05) is 13.1 Å². The highest BCUT2D eigenvalue weighted by Gasteiger charge is 2.22. The molecule has 1 saturated heterocycles. The van der Waals surface area contributed by atoms with Crippen molar-refractivity contribution in [1.29, 1.82) is 0 Å². The molecule has 1 aliphatic heterocycles. The maximum Gasteiger partial charge on any atom is 0.348 e. The van der Waals surface area contributed by atoms with E-state index in [-0.39, 0.29) is 11.7 Å². The maximum atomic E-state index is 12.2. The van der Waals surface area contributed by atoms with Crippen molar-refractivity contribution in [3.63, 3.8) is 0 Å². The molecule has 0 spiro atoms. The number of carbonyl (C=O) groups is 1. The summed E-state index contributed by atoms with van der Waals surface area (Å²) in [6.45, 7) is 2.04. The predicted molar refractivity (Wildman–Crippen MR) is 70.9 cm³/mol. The van der Waals surface area contributed by atoms with E-state index in [0.29, 0.717) is 32.0 Å². The lowest BCUT2D eigenvalue weighted by atomic mass is 10.3. The van der Waals surface area contributed by atoms with E-state index in [9.17, 15) is 9.59 Å². The van der Waals surface area contributed by atoms with E-state index in [4.69, 9.17) is 4.74 Å². The number of hydrogen-bond acceptors (Lipinski definition) is 4. The first-order valence-electron chi connectivity index (χ1n) is 6.37. The Kier molecular flexibility index (Phi) is 3.34. The predicted octanol–water partition coefficient (Wildman–Crippen LogP) is 0.0330. The Hall–Kier alpha value is -2.41. The zero-order valence-corrected chi connectivity index (χ0v) is 10.8. The van der Waals surface area contributed by atoms with Gasteiger partial charge in [-0.15, -0.1) is 5.10 Å². The minimum absolute atomic E-state index is 0.0563. The van der Waals surface area contributed by atoms with Crippen LogP contribution in [0.2, 0.25) is 0 Å². The fraction of sp³-hybridized carbons (Fsp3) is 0.308. The molecule has 0 bridgehead atoms. The van der Waals surface area contributed by atoms with Gasteiger partial charge in [-0.2, -0.15) is 4.68 Å². The second-order valence-corrected chi connectivity index (χ2v) is 4.43. The highest BCUT2D eigenvalue weighted by Crippen LogP contribution is 2.05. The summed E-state index contributed by atoms with van der Waals surface area (Å²) < 4.78 is 6.38. The number of para-hydroxylation sites is 1. The van der Waals surface area contributed by atoms with E-state index in [1.807, 2.05) is 6.07 Å². The van der Waals surface area contributed by atoms with Crippen LogP contribution in [0.3, 0.4) is 0 Å². The molecule has 2 aromatic rings. The number of H-pyrrole nitrogens is 1. The summed E-state index contributed by atoms with van der Waals surface area (Å²) in [6.07, 6.45) is 0. The van der Waals surface area contributed by atoms with Crippen molar-refractivity contribution in [3.05, 3.63) is 46.6 Å². The molecule has 7 heteroatoms. The van der Waals surface area contributed by atoms with Gasteiger partial charge in [0.25, 0.3) is 5.91 Å². The second-order valence-electron chi connectivity index (χ2n) is 4.43. The number of rotatable bonds is 2. The van der Waals surface area contributed by atoms with Gasteiger partial charge in [0.15, 0.2) is 0 Å². The molecule has 20 heavy (non-hydrogen) atoms. The van der Waals surface area contributed by atoms with Crippen molar-refractivity contribution in [2.24, 2.45) is 0 Å². The summed E-state index contributed by atoms with van der Waals surface area (Å²) in [5, 5.41) is 4.07. The molecular formula is C13H14N4O3. The first-order valence-corrected chi connectivity index (χ1v) is 6.37.